The largest absolute Gasteiger partial charge is 0.325 e. The van der Waals surface area contributed by atoms with Gasteiger partial charge in [-0.05, 0) is 37.5 Å². The van der Waals surface area contributed by atoms with Crippen molar-refractivity contribution >= 4 is 11.8 Å². The highest BCUT2D eigenvalue weighted by Gasteiger charge is 2.43. The molecule has 4 heteroatoms. The summed E-state index contributed by atoms with van der Waals surface area (Å²) in [6.45, 7) is 0. The van der Waals surface area contributed by atoms with Crippen molar-refractivity contribution in [3.8, 4) is 0 Å². The molecule has 4 aliphatic rings. The Morgan fingerprint density at radius 3 is 1.07 bits per heavy atom. The number of amides is 2. The Labute approximate surface area is 169 Å². The molecule has 4 rings (SSSR count). The van der Waals surface area contributed by atoms with Crippen LogP contribution in [0.15, 0.2) is 22.5 Å². The third-order valence-electron chi connectivity index (χ3n) is 7.27. The van der Waals surface area contributed by atoms with Crippen LogP contribution in [0, 0.1) is 11.8 Å². The number of hydrogen-bond acceptors (Lipinski definition) is 2. The van der Waals surface area contributed by atoms with Crippen LogP contribution in [0.2, 0.25) is 0 Å². The molecule has 0 aromatic heterocycles. The second kappa shape index (κ2) is 9.28. The Morgan fingerprint density at radius 2 is 0.750 bits per heavy atom. The van der Waals surface area contributed by atoms with Crippen LogP contribution in [-0.4, -0.2) is 11.8 Å². The van der Waals surface area contributed by atoms with Gasteiger partial charge in [-0.2, -0.15) is 0 Å². The quantitative estimate of drug-likeness (QED) is 0.682. The van der Waals surface area contributed by atoms with Crippen molar-refractivity contribution < 1.29 is 9.59 Å². The molecule has 154 valence electrons. The number of fused-ring (bicyclic) bond motifs is 1. The van der Waals surface area contributed by atoms with E-state index >= 15 is 0 Å². The predicted octanol–water partition coefficient (Wildman–Crippen LogP) is 5.26. The molecular weight excluding hydrogens is 348 g/mol. The first kappa shape index (κ1) is 19.7. The second-order valence-corrected chi connectivity index (χ2v) is 9.28. The molecule has 0 spiro atoms. The van der Waals surface area contributed by atoms with Crippen LogP contribution < -0.4 is 10.6 Å². The van der Waals surface area contributed by atoms with Crippen molar-refractivity contribution in [3.05, 3.63) is 22.5 Å². The van der Waals surface area contributed by atoms with Gasteiger partial charge in [0, 0.05) is 11.4 Å². The highest BCUT2D eigenvalue weighted by atomic mass is 16.2. The summed E-state index contributed by atoms with van der Waals surface area (Å²) in [5.41, 5.74) is 3.28. The van der Waals surface area contributed by atoms with Crippen molar-refractivity contribution in [3.63, 3.8) is 0 Å². The van der Waals surface area contributed by atoms with E-state index < -0.39 is 0 Å². The highest BCUT2D eigenvalue weighted by Crippen LogP contribution is 2.40. The minimum absolute atomic E-state index is 0.0295. The third-order valence-corrected chi connectivity index (χ3v) is 7.27. The Kier molecular flexibility index (Phi) is 6.54. The molecule has 0 aromatic carbocycles. The van der Waals surface area contributed by atoms with Crippen LogP contribution in [0.1, 0.15) is 103 Å². The number of carbonyl (C=O) groups excluding carboxylic acids is 2. The minimum atomic E-state index is -0.0295. The van der Waals surface area contributed by atoms with Crippen molar-refractivity contribution in [2.45, 2.75) is 103 Å². The maximum Gasteiger partial charge on any atom is 0.258 e. The molecular formula is C24H36N2O2. The smallest absolute Gasteiger partial charge is 0.258 e. The minimum Gasteiger partial charge on any atom is -0.325 e. The Balaban J connectivity index is 1.61. The second-order valence-electron chi connectivity index (χ2n) is 9.28. The highest BCUT2D eigenvalue weighted by molar-refractivity contribution is 6.19. The van der Waals surface area contributed by atoms with Crippen molar-refractivity contribution in [2.75, 3.05) is 0 Å². The Bertz CT molecular complexity index is 598. The third kappa shape index (κ3) is 4.21. The van der Waals surface area contributed by atoms with Gasteiger partial charge in [-0.15, -0.1) is 0 Å². The number of rotatable bonds is 2. The Hall–Kier alpha value is -1.58. The molecule has 2 fully saturated rings. The van der Waals surface area contributed by atoms with Crippen molar-refractivity contribution in [1.82, 2.24) is 10.6 Å². The normalized spacial score (nSPS) is 26.6. The lowest BCUT2D eigenvalue weighted by molar-refractivity contribution is -0.117. The van der Waals surface area contributed by atoms with E-state index in [-0.39, 0.29) is 11.8 Å². The molecule has 0 bridgehead atoms. The monoisotopic (exact) mass is 384 g/mol. The predicted molar refractivity (Wildman–Crippen MR) is 111 cm³/mol. The molecule has 0 atom stereocenters. The van der Waals surface area contributed by atoms with Gasteiger partial charge in [0.25, 0.3) is 11.8 Å². The van der Waals surface area contributed by atoms with E-state index in [1.165, 1.54) is 77.0 Å². The van der Waals surface area contributed by atoms with E-state index in [0.717, 1.165) is 37.1 Å². The van der Waals surface area contributed by atoms with Gasteiger partial charge < -0.3 is 10.6 Å². The average molecular weight is 385 g/mol. The summed E-state index contributed by atoms with van der Waals surface area (Å²) in [6, 6.07) is 0. The summed E-state index contributed by atoms with van der Waals surface area (Å²) in [7, 11) is 0. The number of allylic oxidation sites excluding steroid dienone is 2. The topological polar surface area (TPSA) is 58.2 Å². The van der Waals surface area contributed by atoms with Gasteiger partial charge in [0.15, 0.2) is 0 Å². The molecule has 4 nitrogen and oxygen atoms in total. The van der Waals surface area contributed by atoms with Crippen LogP contribution in [0.3, 0.4) is 0 Å². The van der Waals surface area contributed by atoms with Gasteiger partial charge in [0.1, 0.15) is 0 Å². The van der Waals surface area contributed by atoms with Crippen molar-refractivity contribution in [1.29, 1.82) is 0 Å². The summed E-state index contributed by atoms with van der Waals surface area (Å²) in [4.78, 5) is 25.9. The van der Waals surface area contributed by atoms with Gasteiger partial charge in [-0.3, -0.25) is 9.59 Å². The average Bonchev–Trinajstić information content (AvgIpc) is 3.27. The van der Waals surface area contributed by atoms with E-state index in [4.69, 9.17) is 0 Å². The van der Waals surface area contributed by atoms with E-state index in [9.17, 15) is 9.59 Å². The van der Waals surface area contributed by atoms with Gasteiger partial charge in [-0.25, -0.2) is 0 Å². The fourth-order valence-corrected chi connectivity index (χ4v) is 5.69. The number of hydrogen-bond donors (Lipinski definition) is 2. The van der Waals surface area contributed by atoms with Gasteiger partial charge in [0.2, 0.25) is 0 Å². The Morgan fingerprint density at radius 1 is 0.464 bits per heavy atom. The lowest BCUT2D eigenvalue weighted by Crippen LogP contribution is -2.28. The first-order valence-corrected chi connectivity index (χ1v) is 11.9. The summed E-state index contributed by atoms with van der Waals surface area (Å²) in [6.07, 6.45) is 19.6. The van der Waals surface area contributed by atoms with E-state index in [2.05, 4.69) is 10.6 Å². The number of carbonyl (C=O) groups is 2. The molecule has 0 aromatic rings. The lowest BCUT2D eigenvalue weighted by atomic mass is 9.89. The van der Waals surface area contributed by atoms with Gasteiger partial charge >= 0.3 is 0 Å². The summed E-state index contributed by atoms with van der Waals surface area (Å²) >= 11 is 0. The zero-order valence-electron chi connectivity index (χ0n) is 17.3. The molecule has 0 unspecified atom stereocenters. The van der Waals surface area contributed by atoms with E-state index in [1.54, 1.807) is 0 Å². The van der Waals surface area contributed by atoms with Gasteiger partial charge in [0.05, 0.1) is 11.1 Å². The first-order valence-electron chi connectivity index (χ1n) is 11.9. The molecule has 2 aliphatic heterocycles. The molecule has 2 aliphatic carbocycles. The first-order chi connectivity index (χ1) is 13.8. The molecule has 2 heterocycles. The van der Waals surface area contributed by atoms with Crippen LogP contribution in [0.4, 0.5) is 0 Å². The fourth-order valence-electron chi connectivity index (χ4n) is 5.69. The summed E-state index contributed by atoms with van der Waals surface area (Å²) in [5.74, 6) is 0.608. The fraction of sp³-hybridized carbons (Fsp3) is 0.750. The summed E-state index contributed by atoms with van der Waals surface area (Å²) < 4.78 is 0. The summed E-state index contributed by atoms with van der Waals surface area (Å²) in [5, 5.41) is 6.31. The molecule has 28 heavy (non-hydrogen) atoms. The van der Waals surface area contributed by atoms with Crippen LogP contribution >= 0.6 is 0 Å². The van der Waals surface area contributed by atoms with E-state index in [0.29, 0.717) is 23.0 Å². The van der Waals surface area contributed by atoms with Crippen molar-refractivity contribution in [2.24, 2.45) is 11.8 Å². The molecule has 2 saturated carbocycles. The maximum absolute atomic E-state index is 12.9. The molecule has 2 N–H and O–H groups in total. The van der Waals surface area contributed by atoms with Crippen LogP contribution in [-0.2, 0) is 9.59 Å². The zero-order valence-corrected chi connectivity index (χ0v) is 17.3. The number of nitrogens with one attached hydrogen (secondary N) is 2. The van der Waals surface area contributed by atoms with Gasteiger partial charge in [-0.1, -0.05) is 77.0 Å². The van der Waals surface area contributed by atoms with Crippen LogP contribution in [0.5, 0.6) is 0 Å². The zero-order chi connectivity index (χ0) is 19.3. The maximum atomic E-state index is 12.9. The van der Waals surface area contributed by atoms with E-state index in [1.807, 2.05) is 0 Å². The lowest BCUT2D eigenvalue weighted by Gasteiger charge is -2.20. The standard InChI is InChI=1S/C24H36N2O2/c27-23-19-20(22(26-23)18-15-11-7-3-4-8-12-16-18)24(28)25-21(19)17-13-9-5-1-2-6-10-14-17/h17-18H,1-16H2,(H,25,28)(H,26,27). The molecule has 0 radical (unpaired) electrons. The molecule has 2 amide bonds. The van der Waals surface area contributed by atoms with Crippen LogP contribution in [0.25, 0.3) is 0 Å². The molecule has 0 saturated heterocycles. The SMILES string of the molecule is O=C1NC(C2CCCCCCCC2)=C2C(=O)NC(C3CCCCCCCC3)=C12.